The zero-order chi connectivity index (χ0) is 37.1. The summed E-state index contributed by atoms with van der Waals surface area (Å²) in [4.78, 5) is 26.7. The number of likely N-dealkylation sites (tertiary alicyclic amines) is 1. The van der Waals surface area contributed by atoms with Crippen molar-refractivity contribution < 1.29 is 36.0 Å². The molecule has 0 aliphatic carbocycles. The molecule has 1 fully saturated rings. The predicted octanol–water partition coefficient (Wildman–Crippen LogP) is 1.26. The van der Waals surface area contributed by atoms with E-state index in [1.165, 1.54) is 0 Å². The van der Waals surface area contributed by atoms with Crippen LogP contribution in [-0.4, -0.2) is 63.3 Å². The third kappa shape index (κ3) is 3.97. The number of pyridine rings is 1. The van der Waals surface area contributed by atoms with Crippen LogP contribution in [0.3, 0.4) is 0 Å². The molecule has 0 aromatic carbocycles. The molecule has 0 bridgehead atoms. The molecule has 0 saturated carbocycles. The van der Waals surface area contributed by atoms with Gasteiger partial charge < -0.3 is 15.3 Å². The summed E-state index contributed by atoms with van der Waals surface area (Å²) in [5, 5.41) is 10.4. The van der Waals surface area contributed by atoms with Crippen LogP contribution < -0.4 is 10.9 Å². The lowest BCUT2D eigenvalue weighted by Gasteiger charge is -2.30. The van der Waals surface area contributed by atoms with Crippen LogP contribution >= 0.6 is 0 Å². The van der Waals surface area contributed by atoms with E-state index in [4.69, 9.17) is 27.6 Å². The minimum absolute atomic E-state index is 0.0443. The summed E-state index contributed by atoms with van der Waals surface area (Å²) in [6, 6.07) is -3.00. The molecule has 3 rings (SSSR count). The third-order valence-corrected chi connectivity index (χ3v) is 3.31. The van der Waals surface area contributed by atoms with E-state index in [0.29, 0.717) is 13.8 Å². The Morgan fingerprint density at radius 2 is 2.67 bits per heavy atom. The number of fused-ring (bicyclic) bond motifs is 1. The van der Waals surface area contributed by atoms with Gasteiger partial charge in [-0.2, -0.15) is 0 Å². The Bertz CT molecular complexity index is 1620. The number of piperidine rings is 1. The Balaban J connectivity index is 2.23. The number of aromatic nitrogens is 4. The van der Waals surface area contributed by atoms with E-state index < -0.39 is 108 Å². The fraction of sp³-hybridized carbons (Fsp3) is 0.667. The maximum Gasteiger partial charge on any atom is 0.293 e. The number of carbonyl (C=O) groups excluding carboxylic acids is 1. The lowest BCUT2D eigenvalue weighted by atomic mass is 10.0. The molecule has 1 amide bonds. The fourth-order valence-electron chi connectivity index (χ4n) is 2.18. The summed E-state index contributed by atoms with van der Waals surface area (Å²) >= 11 is 0. The van der Waals surface area contributed by atoms with Crippen LogP contribution in [0.5, 0.6) is 5.75 Å². The highest BCUT2D eigenvalue weighted by molar-refractivity contribution is 6.00. The number of nitrogens with one attached hydrogen (secondary N) is 2. The monoisotopic (exact) mass is 396 g/mol. The van der Waals surface area contributed by atoms with Crippen LogP contribution in [0.4, 0.5) is 0 Å². The average Bonchev–Trinajstić information content (AvgIpc) is 3.24. The van der Waals surface area contributed by atoms with Crippen molar-refractivity contribution in [2.75, 3.05) is 26.0 Å². The Labute approximate surface area is 186 Å². The van der Waals surface area contributed by atoms with Crippen LogP contribution in [0.2, 0.25) is 2.82 Å². The van der Waals surface area contributed by atoms with Crippen molar-refractivity contribution in [3.63, 3.8) is 0 Å². The molecule has 9 heteroatoms. The van der Waals surface area contributed by atoms with Gasteiger partial charge in [0.2, 0.25) is 0 Å². The van der Waals surface area contributed by atoms with Gasteiger partial charge in [-0.15, -0.1) is 5.10 Å². The molecule has 2 atom stereocenters. The third-order valence-electron chi connectivity index (χ3n) is 3.31. The van der Waals surface area contributed by atoms with Gasteiger partial charge >= 0.3 is 0 Å². The van der Waals surface area contributed by atoms with Gasteiger partial charge in [-0.05, 0) is 51.8 Å². The molecule has 0 spiro atoms. The molecule has 3 heterocycles. The molecule has 9 nitrogen and oxygen atoms in total. The number of carbonyl (C=O) groups is 1. The van der Waals surface area contributed by atoms with Crippen molar-refractivity contribution in [2.45, 2.75) is 45.9 Å². The minimum Gasteiger partial charge on any atom is -0.505 e. The zero-order valence-corrected chi connectivity index (χ0v) is 14.1. The Kier molecular flexibility index (Phi) is 1.88. The lowest BCUT2D eigenvalue weighted by Crippen LogP contribution is -2.38. The fourth-order valence-corrected chi connectivity index (χ4v) is 2.18. The SMILES string of the molecule is [2H]Oc1c(C(=O)N([2H])C([2H])([2H])CC([2H])([2H])N2C([2H])([2H])C([2H])([2H])C([2H])([2H])C([2H])(C)C2([2H])[2H])c(=O)n(C([2H])(C)C([2H])([2H])[2H])c2c1nnn2[2H]. The van der Waals surface area contributed by atoms with Crippen LogP contribution in [0, 0.1) is 5.89 Å². The summed E-state index contributed by atoms with van der Waals surface area (Å²) < 4.78 is 162. The Morgan fingerprint density at radius 1 is 1.81 bits per heavy atom. The molecule has 1 aliphatic rings. The van der Waals surface area contributed by atoms with Crippen molar-refractivity contribution in [3.8, 4) is 5.75 Å². The van der Waals surface area contributed by atoms with Crippen molar-refractivity contribution in [3.05, 3.63) is 15.9 Å². The molecule has 27 heavy (non-hydrogen) atoms. The molecule has 0 radical (unpaired) electrons. The van der Waals surface area contributed by atoms with E-state index in [2.05, 4.69) is 15.4 Å². The van der Waals surface area contributed by atoms with Gasteiger partial charge in [0, 0.05) is 40.9 Å². The van der Waals surface area contributed by atoms with Gasteiger partial charge in [0.05, 0.1) is 1.37 Å². The predicted molar refractivity (Wildman–Crippen MR) is 102 cm³/mol. The standard InChI is InChI=1S/C18H28N6O3/c1-11(2)24-16-14(20-22-21-16)15(25)13(18(24)27)17(26)19-7-5-9-23-8-4-6-12(3)10-23/h11-12,25H,4-10H2,1-3H3,(H,19,26)(H,20,21,22)/i1D3,4D2,6D2,7D2,8D2,9D2,10D2,11D,12D/hD3. The number of hydrogen-bond acceptors (Lipinski definition) is 6. The van der Waals surface area contributed by atoms with Gasteiger partial charge in [0.15, 0.2) is 19.7 Å². The van der Waals surface area contributed by atoms with Crippen LogP contribution in [0.1, 0.15) is 79.5 Å². The highest BCUT2D eigenvalue weighted by Crippen LogP contribution is 2.24. The van der Waals surface area contributed by atoms with Gasteiger partial charge in [0.1, 0.15) is 5.56 Å². The second kappa shape index (κ2) is 8.08. The maximum absolute atomic E-state index is 13.6. The zero-order valence-electron chi connectivity index (χ0n) is 34.1. The summed E-state index contributed by atoms with van der Waals surface area (Å²) in [6.45, 7) is -17.3. The summed E-state index contributed by atoms with van der Waals surface area (Å²) in [7, 11) is 0. The topological polar surface area (TPSA) is 116 Å². The van der Waals surface area contributed by atoms with Crippen LogP contribution in [0.15, 0.2) is 4.79 Å². The van der Waals surface area contributed by atoms with E-state index in [0.717, 1.165) is 0 Å². The van der Waals surface area contributed by atoms with Gasteiger partial charge in [0.25, 0.3) is 12.9 Å². The van der Waals surface area contributed by atoms with Crippen LogP contribution in [0.25, 0.3) is 11.2 Å². The van der Waals surface area contributed by atoms with Crippen molar-refractivity contribution in [1.82, 2.24) is 30.2 Å². The summed E-state index contributed by atoms with van der Waals surface area (Å²) in [5.74, 6) is -6.50. The normalized spacial score (nSPS) is 42.9. The molecule has 1 saturated heterocycles. The number of hydrogen-bond donors (Lipinski definition) is 3. The van der Waals surface area contributed by atoms with E-state index in [-0.39, 0.29) is 9.66 Å². The number of amides is 1. The Morgan fingerprint density at radius 3 is 3.44 bits per heavy atom. The molecule has 3 N–H and O–H groups in total. The van der Waals surface area contributed by atoms with E-state index in [1.54, 1.807) is 0 Å². The number of aromatic amines is 1. The lowest BCUT2D eigenvalue weighted by molar-refractivity contribution is 0.0945. The quantitative estimate of drug-likeness (QED) is 0.649. The highest BCUT2D eigenvalue weighted by atomic mass is 16.3. The largest absolute Gasteiger partial charge is 0.505 e. The molecule has 2 unspecified atom stereocenters. The first-order valence-corrected chi connectivity index (χ1v) is 7.46. The van der Waals surface area contributed by atoms with Gasteiger partial charge in [-0.25, -0.2) is 5.09 Å². The number of aromatic hydroxyl groups is 1. The number of H-pyrrole nitrogens is 1. The molecule has 148 valence electrons. The second-order valence-corrected chi connectivity index (χ2v) is 5.24. The van der Waals surface area contributed by atoms with E-state index in [9.17, 15) is 9.59 Å². The van der Waals surface area contributed by atoms with Crippen molar-refractivity contribution >= 4 is 17.1 Å². The molecule has 1 aliphatic heterocycles. The molecular formula is C18H28N6O3. The highest BCUT2D eigenvalue weighted by Gasteiger charge is 2.25. The van der Waals surface area contributed by atoms with Gasteiger partial charge in [-0.1, -0.05) is 12.1 Å². The van der Waals surface area contributed by atoms with E-state index >= 15 is 0 Å². The first-order chi connectivity index (χ1) is 20.6. The summed E-state index contributed by atoms with van der Waals surface area (Å²) in [5.41, 5.74) is -5.00. The second-order valence-electron chi connectivity index (χ2n) is 5.24. The first-order valence-electron chi connectivity index (χ1n) is 17.3. The maximum atomic E-state index is 13.6. The molecular weight excluding hydrogens is 348 g/mol. The molecule has 2 aromatic rings. The Hall–Kier alpha value is -2.42. The average molecular weight is 397 g/mol. The van der Waals surface area contributed by atoms with E-state index in [1.807, 2.05) is 0 Å². The number of nitrogens with zero attached hydrogens (tertiary/aromatic N) is 4. The first kappa shape index (κ1) is 6.30. The minimum atomic E-state index is -3.95. The van der Waals surface area contributed by atoms with Gasteiger partial charge in [-0.3, -0.25) is 14.2 Å². The molecule has 2 aromatic heterocycles. The van der Waals surface area contributed by atoms with Crippen molar-refractivity contribution in [2.24, 2.45) is 5.89 Å². The van der Waals surface area contributed by atoms with Crippen molar-refractivity contribution in [1.29, 1.82) is 1.43 Å². The van der Waals surface area contributed by atoms with Crippen LogP contribution in [-0.2, 0) is 0 Å². The smallest absolute Gasteiger partial charge is 0.293 e. The summed E-state index contributed by atoms with van der Waals surface area (Å²) in [6.07, 6.45) is -9.34. The number of rotatable bonds is 7.